The topological polar surface area (TPSA) is 35.5 Å². The van der Waals surface area contributed by atoms with Crippen molar-refractivity contribution in [3.05, 3.63) is 23.8 Å². The quantitative estimate of drug-likeness (QED) is 0.803. The van der Waals surface area contributed by atoms with Crippen LogP contribution in [-0.2, 0) is 11.2 Å². The van der Waals surface area contributed by atoms with Crippen LogP contribution in [0.4, 0.5) is 0 Å². The summed E-state index contributed by atoms with van der Waals surface area (Å²) in [5.41, 5.74) is 1.09. The van der Waals surface area contributed by atoms with Crippen LogP contribution in [0.25, 0.3) is 0 Å². The Labute approximate surface area is 102 Å². The molecule has 0 saturated heterocycles. The van der Waals surface area contributed by atoms with Crippen LogP contribution in [0.5, 0.6) is 11.5 Å². The smallest absolute Gasteiger partial charge is 0.136 e. The van der Waals surface area contributed by atoms with Gasteiger partial charge in [0.05, 0.1) is 14.2 Å². The Morgan fingerprint density at radius 2 is 2.12 bits per heavy atom. The molecule has 1 atom stereocenters. The maximum atomic E-state index is 11.6. The Morgan fingerprint density at radius 1 is 1.29 bits per heavy atom. The highest BCUT2D eigenvalue weighted by molar-refractivity contribution is 5.83. The Balaban J connectivity index is 2.17. The average molecular weight is 234 g/mol. The van der Waals surface area contributed by atoms with Crippen LogP contribution in [0.15, 0.2) is 18.2 Å². The number of ether oxygens (including phenoxy) is 2. The first-order valence-electron chi connectivity index (χ1n) is 5.98. The first-order valence-corrected chi connectivity index (χ1v) is 5.98. The zero-order chi connectivity index (χ0) is 12.3. The van der Waals surface area contributed by atoms with Crippen molar-refractivity contribution in [2.24, 2.45) is 5.92 Å². The average Bonchev–Trinajstić information content (AvgIpc) is 2.75. The molecule has 0 radical (unpaired) electrons. The van der Waals surface area contributed by atoms with Gasteiger partial charge in [-0.3, -0.25) is 4.79 Å². The van der Waals surface area contributed by atoms with Crippen molar-refractivity contribution in [2.75, 3.05) is 14.2 Å². The molecule has 1 aliphatic rings. The fourth-order valence-corrected chi connectivity index (χ4v) is 2.39. The molecule has 0 amide bonds. The van der Waals surface area contributed by atoms with Crippen LogP contribution in [0.3, 0.4) is 0 Å². The van der Waals surface area contributed by atoms with Gasteiger partial charge in [-0.25, -0.2) is 0 Å². The summed E-state index contributed by atoms with van der Waals surface area (Å²) in [6.07, 6.45) is 3.56. The number of ketones is 1. The van der Waals surface area contributed by atoms with E-state index < -0.39 is 0 Å². The molecule has 1 aliphatic carbocycles. The number of carbonyl (C=O) groups excluding carboxylic acids is 1. The second kappa shape index (κ2) is 5.21. The molecular formula is C14H18O3. The van der Waals surface area contributed by atoms with E-state index in [9.17, 15) is 4.79 Å². The highest BCUT2D eigenvalue weighted by Crippen LogP contribution is 2.31. The van der Waals surface area contributed by atoms with E-state index in [0.717, 1.165) is 42.7 Å². The Hall–Kier alpha value is -1.51. The molecule has 17 heavy (non-hydrogen) atoms. The molecule has 1 saturated carbocycles. The van der Waals surface area contributed by atoms with Crippen LogP contribution in [0.2, 0.25) is 0 Å². The molecule has 1 fully saturated rings. The number of Topliss-reactive ketones (excluding diaryl/α,β-unsaturated/α-hetero) is 1. The molecule has 0 spiro atoms. The molecular weight excluding hydrogens is 216 g/mol. The summed E-state index contributed by atoms with van der Waals surface area (Å²) in [5, 5.41) is 0. The molecule has 0 heterocycles. The third kappa shape index (κ3) is 2.60. The Morgan fingerprint density at radius 3 is 2.71 bits per heavy atom. The zero-order valence-corrected chi connectivity index (χ0v) is 10.4. The van der Waals surface area contributed by atoms with Crippen molar-refractivity contribution in [1.29, 1.82) is 0 Å². The lowest BCUT2D eigenvalue weighted by Gasteiger charge is -2.13. The summed E-state index contributed by atoms with van der Waals surface area (Å²) in [6, 6.07) is 5.77. The van der Waals surface area contributed by atoms with E-state index in [4.69, 9.17) is 9.47 Å². The second-order valence-corrected chi connectivity index (χ2v) is 4.44. The van der Waals surface area contributed by atoms with Crippen LogP contribution in [0.1, 0.15) is 24.8 Å². The van der Waals surface area contributed by atoms with Gasteiger partial charge in [0.1, 0.15) is 17.3 Å². The molecule has 2 rings (SSSR count). The molecule has 1 aromatic carbocycles. The van der Waals surface area contributed by atoms with Gasteiger partial charge in [-0.05, 0) is 30.9 Å². The third-order valence-corrected chi connectivity index (χ3v) is 3.39. The lowest BCUT2D eigenvalue weighted by atomic mass is 9.96. The van der Waals surface area contributed by atoms with Gasteiger partial charge < -0.3 is 9.47 Å². The van der Waals surface area contributed by atoms with Gasteiger partial charge in [-0.1, -0.05) is 6.07 Å². The maximum absolute atomic E-state index is 11.6. The van der Waals surface area contributed by atoms with Crippen molar-refractivity contribution in [2.45, 2.75) is 25.7 Å². The normalized spacial score (nSPS) is 19.4. The monoisotopic (exact) mass is 234 g/mol. The first kappa shape index (κ1) is 12.0. The molecule has 3 nitrogen and oxygen atoms in total. The first-order chi connectivity index (χ1) is 8.24. The molecule has 0 bridgehead atoms. The number of methoxy groups -OCH3 is 2. The Bertz CT molecular complexity index is 412. The summed E-state index contributed by atoms with van der Waals surface area (Å²) in [7, 11) is 3.28. The second-order valence-electron chi connectivity index (χ2n) is 4.44. The van der Waals surface area contributed by atoms with E-state index in [1.165, 1.54) is 0 Å². The minimum atomic E-state index is 0.178. The molecule has 92 valence electrons. The molecule has 3 heteroatoms. The predicted molar refractivity (Wildman–Crippen MR) is 65.6 cm³/mol. The van der Waals surface area contributed by atoms with Crippen molar-refractivity contribution in [3.63, 3.8) is 0 Å². The minimum Gasteiger partial charge on any atom is -0.497 e. The summed E-state index contributed by atoms with van der Waals surface area (Å²) < 4.78 is 10.5. The lowest BCUT2D eigenvalue weighted by Crippen LogP contribution is -2.10. The van der Waals surface area contributed by atoms with E-state index in [1.807, 2.05) is 18.2 Å². The van der Waals surface area contributed by atoms with E-state index in [-0.39, 0.29) is 5.92 Å². The SMILES string of the molecule is COc1ccc(CC2CCCC2=O)c(OC)c1. The summed E-state index contributed by atoms with van der Waals surface area (Å²) in [4.78, 5) is 11.6. The summed E-state index contributed by atoms with van der Waals surface area (Å²) in [5.74, 6) is 2.16. The van der Waals surface area contributed by atoms with Gasteiger partial charge in [-0.15, -0.1) is 0 Å². The standard InChI is InChI=1S/C14H18O3/c1-16-12-7-6-11(14(9-12)17-2)8-10-4-3-5-13(10)15/h6-7,9-10H,3-5,8H2,1-2H3. The predicted octanol–water partition coefficient (Wildman–Crippen LogP) is 2.62. The van der Waals surface area contributed by atoms with Crippen LogP contribution >= 0.6 is 0 Å². The molecule has 0 aromatic heterocycles. The van der Waals surface area contributed by atoms with Gasteiger partial charge in [0.15, 0.2) is 0 Å². The maximum Gasteiger partial charge on any atom is 0.136 e. The van der Waals surface area contributed by atoms with Gasteiger partial charge in [0, 0.05) is 18.4 Å². The number of carbonyl (C=O) groups is 1. The number of benzene rings is 1. The van der Waals surface area contributed by atoms with Crippen molar-refractivity contribution in [1.82, 2.24) is 0 Å². The zero-order valence-electron chi connectivity index (χ0n) is 10.4. The lowest BCUT2D eigenvalue weighted by molar-refractivity contribution is -0.120. The fourth-order valence-electron chi connectivity index (χ4n) is 2.39. The summed E-state index contributed by atoms with van der Waals surface area (Å²) in [6.45, 7) is 0. The van der Waals surface area contributed by atoms with Crippen LogP contribution in [-0.4, -0.2) is 20.0 Å². The van der Waals surface area contributed by atoms with E-state index in [2.05, 4.69) is 0 Å². The summed E-state index contributed by atoms with van der Waals surface area (Å²) >= 11 is 0. The van der Waals surface area contributed by atoms with E-state index in [0.29, 0.717) is 5.78 Å². The van der Waals surface area contributed by atoms with E-state index >= 15 is 0 Å². The van der Waals surface area contributed by atoms with E-state index in [1.54, 1.807) is 14.2 Å². The molecule has 1 unspecified atom stereocenters. The highest BCUT2D eigenvalue weighted by Gasteiger charge is 2.25. The fraction of sp³-hybridized carbons (Fsp3) is 0.500. The molecule has 1 aromatic rings. The van der Waals surface area contributed by atoms with Gasteiger partial charge in [0.2, 0.25) is 0 Å². The van der Waals surface area contributed by atoms with Crippen LogP contribution < -0.4 is 9.47 Å². The van der Waals surface area contributed by atoms with Gasteiger partial charge >= 0.3 is 0 Å². The number of hydrogen-bond donors (Lipinski definition) is 0. The third-order valence-electron chi connectivity index (χ3n) is 3.39. The molecule has 0 N–H and O–H groups in total. The van der Waals surface area contributed by atoms with Crippen molar-refractivity contribution >= 4 is 5.78 Å². The van der Waals surface area contributed by atoms with Crippen molar-refractivity contribution < 1.29 is 14.3 Å². The minimum absolute atomic E-state index is 0.178. The van der Waals surface area contributed by atoms with Gasteiger partial charge in [-0.2, -0.15) is 0 Å². The van der Waals surface area contributed by atoms with Gasteiger partial charge in [0.25, 0.3) is 0 Å². The highest BCUT2D eigenvalue weighted by atomic mass is 16.5. The number of hydrogen-bond acceptors (Lipinski definition) is 3. The Kier molecular flexibility index (Phi) is 3.67. The van der Waals surface area contributed by atoms with Crippen molar-refractivity contribution in [3.8, 4) is 11.5 Å². The largest absolute Gasteiger partial charge is 0.497 e. The van der Waals surface area contributed by atoms with Crippen LogP contribution in [0, 0.1) is 5.92 Å². The molecule has 0 aliphatic heterocycles. The number of rotatable bonds is 4.